The molecule has 1 N–H and O–H groups in total. The standard InChI is InChI=1S/C17H15Cl2NO4/c1-23-14-8-3-2-5-11(14)9-20-15(21)10-24-17(22)16-12(18)6-4-7-13(16)19/h2-8H,9-10H2,1H3,(H,20,21). The Labute approximate surface area is 149 Å². The summed E-state index contributed by atoms with van der Waals surface area (Å²) in [4.78, 5) is 23.8. The summed E-state index contributed by atoms with van der Waals surface area (Å²) >= 11 is 11.8. The van der Waals surface area contributed by atoms with Crippen LogP contribution in [0.3, 0.4) is 0 Å². The largest absolute Gasteiger partial charge is 0.496 e. The average molecular weight is 368 g/mol. The highest BCUT2D eigenvalue weighted by Gasteiger charge is 2.17. The molecule has 126 valence electrons. The van der Waals surface area contributed by atoms with Gasteiger partial charge in [-0.05, 0) is 18.2 Å². The Hall–Kier alpha value is -2.24. The number of halogens is 2. The molecule has 2 rings (SSSR count). The summed E-state index contributed by atoms with van der Waals surface area (Å²) in [6, 6.07) is 11.9. The molecule has 0 aliphatic carbocycles. The van der Waals surface area contributed by atoms with E-state index in [4.69, 9.17) is 32.7 Å². The third kappa shape index (κ3) is 4.63. The number of hydrogen-bond donors (Lipinski definition) is 1. The Morgan fingerprint density at radius 1 is 1.04 bits per heavy atom. The monoisotopic (exact) mass is 367 g/mol. The fourth-order valence-corrected chi connectivity index (χ4v) is 2.54. The van der Waals surface area contributed by atoms with Crippen LogP contribution in [0.4, 0.5) is 0 Å². The molecule has 0 heterocycles. The predicted molar refractivity (Wildman–Crippen MR) is 91.6 cm³/mol. The molecule has 7 heteroatoms. The van der Waals surface area contributed by atoms with E-state index in [1.807, 2.05) is 18.2 Å². The van der Waals surface area contributed by atoms with Crippen LogP contribution in [0, 0.1) is 0 Å². The van der Waals surface area contributed by atoms with Crippen LogP contribution in [0.1, 0.15) is 15.9 Å². The Morgan fingerprint density at radius 3 is 2.38 bits per heavy atom. The van der Waals surface area contributed by atoms with E-state index in [1.54, 1.807) is 19.2 Å². The molecule has 0 fully saturated rings. The number of nitrogens with one attached hydrogen (secondary N) is 1. The summed E-state index contributed by atoms with van der Waals surface area (Å²) in [6.45, 7) is -0.178. The molecule has 0 saturated carbocycles. The van der Waals surface area contributed by atoms with Gasteiger partial charge in [-0.2, -0.15) is 0 Å². The fourth-order valence-electron chi connectivity index (χ4n) is 1.99. The molecule has 0 atom stereocenters. The zero-order chi connectivity index (χ0) is 17.5. The molecular formula is C17H15Cl2NO4. The van der Waals surface area contributed by atoms with Gasteiger partial charge in [0.15, 0.2) is 6.61 Å². The topological polar surface area (TPSA) is 64.6 Å². The Bertz CT molecular complexity index is 729. The summed E-state index contributed by atoms with van der Waals surface area (Å²) in [5, 5.41) is 2.98. The molecule has 0 aliphatic rings. The molecular weight excluding hydrogens is 353 g/mol. The van der Waals surface area contributed by atoms with Crippen LogP contribution in [0.15, 0.2) is 42.5 Å². The maximum Gasteiger partial charge on any atom is 0.341 e. The van der Waals surface area contributed by atoms with Crippen molar-refractivity contribution in [1.82, 2.24) is 5.32 Å². The van der Waals surface area contributed by atoms with Gasteiger partial charge in [0.2, 0.25) is 0 Å². The van der Waals surface area contributed by atoms with Crippen LogP contribution in [0.25, 0.3) is 0 Å². The summed E-state index contributed by atoms with van der Waals surface area (Å²) < 4.78 is 10.1. The highest BCUT2D eigenvalue weighted by molar-refractivity contribution is 6.39. The first kappa shape index (κ1) is 18.1. The Balaban J connectivity index is 1.88. The van der Waals surface area contributed by atoms with Crippen molar-refractivity contribution in [3.8, 4) is 5.75 Å². The molecule has 0 unspecified atom stereocenters. The molecule has 2 aromatic rings. The van der Waals surface area contributed by atoms with E-state index in [2.05, 4.69) is 5.32 Å². The Morgan fingerprint density at radius 2 is 1.71 bits per heavy atom. The lowest BCUT2D eigenvalue weighted by molar-refractivity contribution is -0.124. The average Bonchev–Trinajstić information content (AvgIpc) is 2.58. The van der Waals surface area contributed by atoms with Gasteiger partial charge in [0.05, 0.1) is 22.7 Å². The number of carbonyl (C=O) groups is 2. The smallest absolute Gasteiger partial charge is 0.341 e. The van der Waals surface area contributed by atoms with Crippen LogP contribution in [0.2, 0.25) is 10.0 Å². The minimum atomic E-state index is -0.752. The normalized spacial score (nSPS) is 10.1. The third-order valence-electron chi connectivity index (χ3n) is 3.17. The number of hydrogen-bond acceptors (Lipinski definition) is 4. The van der Waals surface area contributed by atoms with E-state index in [0.29, 0.717) is 5.75 Å². The number of ether oxygens (including phenoxy) is 2. The zero-order valence-electron chi connectivity index (χ0n) is 12.8. The van der Waals surface area contributed by atoms with Gasteiger partial charge in [0.25, 0.3) is 5.91 Å². The highest BCUT2D eigenvalue weighted by Crippen LogP contribution is 2.24. The van der Waals surface area contributed by atoms with E-state index < -0.39 is 18.5 Å². The van der Waals surface area contributed by atoms with Crippen LogP contribution >= 0.6 is 23.2 Å². The third-order valence-corrected chi connectivity index (χ3v) is 3.80. The van der Waals surface area contributed by atoms with Gasteiger partial charge < -0.3 is 14.8 Å². The lowest BCUT2D eigenvalue weighted by atomic mass is 10.2. The van der Waals surface area contributed by atoms with Gasteiger partial charge in [0.1, 0.15) is 5.75 Å². The van der Waals surface area contributed by atoms with Gasteiger partial charge in [-0.1, -0.05) is 47.5 Å². The summed E-state index contributed by atoms with van der Waals surface area (Å²) in [7, 11) is 1.55. The van der Waals surface area contributed by atoms with E-state index in [-0.39, 0.29) is 22.2 Å². The van der Waals surface area contributed by atoms with Crippen LogP contribution < -0.4 is 10.1 Å². The first-order valence-corrected chi connectivity index (χ1v) is 7.78. The van der Waals surface area contributed by atoms with Crippen molar-refractivity contribution in [1.29, 1.82) is 0 Å². The summed E-state index contributed by atoms with van der Waals surface area (Å²) in [6.07, 6.45) is 0. The number of methoxy groups -OCH3 is 1. The van der Waals surface area contributed by atoms with E-state index >= 15 is 0 Å². The molecule has 1 amide bonds. The first-order chi connectivity index (χ1) is 11.5. The maximum atomic E-state index is 12.0. The second-order valence-electron chi connectivity index (χ2n) is 4.76. The van der Waals surface area contributed by atoms with E-state index in [1.165, 1.54) is 12.1 Å². The summed E-state index contributed by atoms with van der Waals surface area (Å²) in [5.41, 5.74) is 0.854. The van der Waals surface area contributed by atoms with E-state index in [0.717, 1.165) is 5.56 Å². The summed E-state index contributed by atoms with van der Waals surface area (Å²) in [5.74, 6) is -0.534. The molecule has 0 aliphatic heterocycles. The molecule has 24 heavy (non-hydrogen) atoms. The number of esters is 1. The molecule has 0 saturated heterocycles. The lowest BCUT2D eigenvalue weighted by Gasteiger charge is -2.10. The van der Waals surface area contributed by atoms with Crippen molar-refractivity contribution >= 4 is 35.1 Å². The number of carbonyl (C=O) groups excluding carboxylic acids is 2. The molecule has 0 aromatic heterocycles. The van der Waals surface area contributed by atoms with Gasteiger partial charge in [-0.25, -0.2) is 4.79 Å². The molecule has 0 spiro atoms. The fraction of sp³-hybridized carbons (Fsp3) is 0.176. The van der Waals surface area contributed by atoms with Crippen molar-refractivity contribution in [2.75, 3.05) is 13.7 Å². The number of amides is 1. The second-order valence-corrected chi connectivity index (χ2v) is 5.58. The maximum absolute atomic E-state index is 12.0. The van der Waals surface area contributed by atoms with Gasteiger partial charge >= 0.3 is 5.97 Å². The second kappa shape index (κ2) is 8.57. The van der Waals surface area contributed by atoms with Crippen LogP contribution in [0.5, 0.6) is 5.75 Å². The minimum absolute atomic E-state index is 0.0401. The van der Waals surface area contributed by atoms with Crippen LogP contribution in [-0.2, 0) is 16.1 Å². The molecule has 5 nitrogen and oxygen atoms in total. The number of rotatable bonds is 6. The first-order valence-electron chi connectivity index (χ1n) is 7.02. The van der Waals surface area contributed by atoms with Crippen molar-refractivity contribution in [2.45, 2.75) is 6.54 Å². The van der Waals surface area contributed by atoms with Gasteiger partial charge in [-0.3, -0.25) is 4.79 Å². The molecule has 0 radical (unpaired) electrons. The quantitative estimate of drug-likeness (QED) is 0.793. The zero-order valence-corrected chi connectivity index (χ0v) is 14.4. The van der Waals surface area contributed by atoms with Crippen molar-refractivity contribution < 1.29 is 19.1 Å². The van der Waals surface area contributed by atoms with Crippen molar-refractivity contribution in [3.63, 3.8) is 0 Å². The minimum Gasteiger partial charge on any atom is -0.496 e. The van der Waals surface area contributed by atoms with Crippen LogP contribution in [-0.4, -0.2) is 25.6 Å². The number of para-hydroxylation sites is 1. The predicted octanol–water partition coefficient (Wildman–Crippen LogP) is 3.48. The SMILES string of the molecule is COc1ccccc1CNC(=O)COC(=O)c1c(Cl)cccc1Cl. The van der Waals surface area contributed by atoms with Crippen molar-refractivity contribution in [2.24, 2.45) is 0 Å². The van der Waals surface area contributed by atoms with E-state index in [9.17, 15) is 9.59 Å². The van der Waals surface area contributed by atoms with Gasteiger partial charge in [0, 0.05) is 12.1 Å². The lowest BCUT2D eigenvalue weighted by Crippen LogP contribution is -2.28. The highest BCUT2D eigenvalue weighted by atomic mass is 35.5. The van der Waals surface area contributed by atoms with Gasteiger partial charge in [-0.15, -0.1) is 0 Å². The number of benzene rings is 2. The molecule has 0 bridgehead atoms. The Kier molecular flexibility index (Phi) is 6.46. The van der Waals surface area contributed by atoms with Crippen molar-refractivity contribution in [3.05, 3.63) is 63.6 Å². The molecule has 2 aromatic carbocycles.